The second-order valence-electron chi connectivity index (χ2n) is 5.58. The highest BCUT2D eigenvalue weighted by Crippen LogP contribution is 2.41. The molecule has 1 aromatic carbocycles. The zero-order chi connectivity index (χ0) is 17.5. The average molecular weight is 417 g/mol. The van der Waals surface area contributed by atoms with Crippen molar-refractivity contribution in [1.82, 2.24) is 14.9 Å². The summed E-state index contributed by atoms with van der Waals surface area (Å²) < 4.78 is 33.2. The highest BCUT2D eigenvalue weighted by molar-refractivity contribution is 9.10. The van der Waals surface area contributed by atoms with Crippen molar-refractivity contribution in [1.29, 1.82) is 0 Å². The number of non-ortho nitro benzene ring substituents is 1. The van der Waals surface area contributed by atoms with E-state index in [9.17, 15) is 18.5 Å². The van der Waals surface area contributed by atoms with Crippen LogP contribution >= 0.6 is 15.9 Å². The van der Waals surface area contributed by atoms with Crippen LogP contribution < -0.4 is 4.72 Å². The molecular weight excluding hydrogens is 404 g/mol. The number of sulfonamides is 1. The number of nitrogens with one attached hydrogen (secondary N) is 1. The highest BCUT2D eigenvalue weighted by atomic mass is 79.9. The van der Waals surface area contributed by atoms with Gasteiger partial charge in [-0.15, -0.1) is 0 Å². The number of rotatable bonds is 5. The number of nitro benzene ring substituents is 1. The van der Waals surface area contributed by atoms with Gasteiger partial charge in [-0.25, -0.2) is 8.42 Å². The van der Waals surface area contributed by atoms with Crippen LogP contribution in [0.1, 0.15) is 31.0 Å². The fourth-order valence-corrected chi connectivity index (χ4v) is 4.64. The maximum absolute atomic E-state index is 12.7. The predicted octanol–water partition coefficient (Wildman–Crippen LogP) is 2.41. The van der Waals surface area contributed by atoms with Crippen LogP contribution in [0.2, 0.25) is 0 Å². The Morgan fingerprint density at radius 1 is 1.38 bits per heavy atom. The lowest BCUT2D eigenvalue weighted by atomic mass is 9.77. The van der Waals surface area contributed by atoms with Gasteiger partial charge in [-0.1, -0.05) is 21.1 Å². The van der Waals surface area contributed by atoms with Gasteiger partial charge in [0, 0.05) is 23.5 Å². The van der Waals surface area contributed by atoms with E-state index in [-0.39, 0.29) is 16.4 Å². The molecule has 0 atom stereocenters. The minimum absolute atomic E-state index is 0.199. The summed E-state index contributed by atoms with van der Waals surface area (Å²) in [6.07, 6.45) is 1.87. The van der Waals surface area contributed by atoms with Gasteiger partial charge >= 0.3 is 0 Å². The summed E-state index contributed by atoms with van der Waals surface area (Å²) in [7, 11) is -4.00. The van der Waals surface area contributed by atoms with Gasteiger partial charge in [-0.05, 0) is 25.3 Å². The molecule has 2 aromatic rings. The number of aromatic nitrogens is 2. The molecule has 0 radical (unpaired) electrons. The Bertz CT molecular complexity index is 907. The summed E-state index contributed by atoms with van der Waals surface area (Å²) in [5.74, 6) is 0.618. The van der Waals surface area contributed by atoms with Crippen molar-refractivity contribution in [2.45, 2.75) is 36.6 Å². The summed E-state index contributed by atoms with van der Waals surface area (Å²) in [5, 5.41) is 14.8. The minimum Gasteiger partial charge on any atom is -0.340 e. The molecule has 1 aromatic heterocycles. The maximum Gasteiger partial charge on any atom is 0.271 e. The number of nitrogens with zero attached hydrogens (tertiary/aromatic N) is 3. The first-order valence-corrected chi connectivity index (χ1v) is 9.29. The summed E-state index contributed by atoms with van der Waals surface area (Å²) in [5.41, 5.74) is -1.25. The number of nitro groups is 1. The molecule has 1 aliphatic carbocycles. The lowest BCUT2D eigenvalue weighted by Gasteiger charge is -2.39. The summed E-state index contributed by atoms with van der Waals surface area (Å²) >= 11 is 3.10. The molecule has 128 valence electrons. The first-order valence-electron chi connectivity index (χ1n) is 7.02. The van der Waals surface area contributed by atoms with Crippen molar-refractivity contribution in [2.24, 2.45) is 0 Å². The Balaban J connectivity index is 1.98. The Labute approximate surface area is 145 Å². The Hall–Kier alpha value is -1.85. The lowest BCUT2D eigenvalue weighted by molar-refractivity contribution is -0.385. The molecule has 0 spiro atoms. The van der Waals surface area contributed by atoms with Crippen molar-refractivity contribution in [2.75, 3.05) is 0 Å². The second-order valence-corrected chi connectivity index (χ2v) is 8.18. The molecule has 0 unspecified atom stereocenters. The average Bonchev–Trinajstić information content (AvgIpc) is 2.89. The van der Waals surface area contributed by atoms with E-state index in [0.29, 0.717) is 23.2 Å². The molecule has 1 N–H and O–H groups in total. The SMILES string of the molecule is Cc1nc(C2(NS(=O)(=O)c3cc(Br)cc([N+](=O)[O-])c3)CCC2)no1. The van der Waals surface area contributed by atoms with Crippen LogP contribution in [0.3, 0.4) is 0 Å². The van der Waals surface area contributed by atoms with E-state index >= 15 is 0 Å². The molecule has 1 fully saturated rings. The van der Waals surface area contributed by atoms with Crippen molar-refractivity contribution in [3.8, 4) is 0 Å². The lowest BCUT2D eigenvalue weighted by Crippen LogP contribution is -2.51. The van der Waals surface area contributed by atoms with Gasteiger partial charge in [0.15, 0.2) is 5.82 Å². The van der Waals surface area contributed by atoms with E-state index in [1.165, 1.54) is 12.1 Å². The number of hydrogen-bond acceptors (Lipinski definition) is 7. The fraction of sp³-hybridized carbons (Fsp3) is 0.385. The Kier molecular flexibility index (Phi) is 4.18. The molecule has 0 bridgehead atoms. The number of aryl methyl sites for hydroxylation is 1. The van der Waals surface area contributed by atoms with Gasteiger partial charge in [-0.2, -0.15) is 9.71 Å². The van der Waals surface area contributed by atoms with E-state index in [0.717, 1.165) is 12.5 Å². The first kappa shape index (κ1) is 17.0. The van der Waals surface area contributed by atoms with Gasteiger partial charge < -0.3 is 4.52 Å². The van der Waals surface area contributed by atoms with E-state index in [2.05, 4.69) is 30.8 Å². The third kappa shape index (κ3) is 3.06. The van der Waals surface area contributed by atoms with Crippen molar-refractivity contribution < 1.29 is 17.9 Å². The number of halogens is 1. The van der Waals surface area contributed by atoms with E-state index in [1.54, 1.807) is 6.92 Å². The van der Waals surface area contributed by atoms with Gasteiger partial charge in [0.1, 0.15) is 0 Å². The molecule has 3 rings (SSSR count). The van der Waals surface area contributed by atoms with Gasteiger partial charge in [0.05, 0.1) is 15.4 Å². The van der Waals surface area contributed by atoms with Crippen molar-refractivity contribution >= 4 is 31.6 Å². The Morgan fingerprint density at radius 2 is 2.08 bits per heavy atom. The van der Waals surface area contributed by atoms with Crippen molar-refractivity contribution in [3.63, 3.8) is 0 Å². The summed E-state index contributed by atoms with van der Waals surface area (Å²) in [4.78, 5) is 14.2. The van der Waals surface area contributed by atoms with Gasteiger partial charge in [0.2, 0.25) is 15.9 Å². The minimum atomic E-state index is -4.00. The van der Waals surface area contributed by atoms with Crippen LogP contribution in [0, 0.1) is 17.0 Å². The smallest absolute Gasteiger partial charge is 0.271 e. The molecular formula is C13H13BrN4O5S. The topological polar surface area (TPSA) is 128 Å². The van der Waals surface area contributed by atoms with Gasteiger partial charge in [-0.3, -0.25) is 10.1 Å². The van der Waals surface area contributed by atoms with Crippen LogP contribution in [-0.2, 0) is 15.6 Å². The fourth-order valence-electron chi connectivity index (χ4n) is 2.52. The van der Waals surface area contributed by atoms with E-state index < -0.39 is 20.5 Å². The monoisotopic (exact) mass is 416 g/mol. The second kappa shape index (κ2) is 5.90. The number of benzene rings is 1. The highest BCUT2D eigenvalue weighted by Gasteiger charge is 2.46. The molecule has 11 heteroatoms. The van der Waals surface area contributed by atoms with E-state index in [1.807, 2.05) is 0 Å². The zero-order valence-corrected chi connectivity index (χ0v) is 14.9. The van der Waals surface area contributed by atoms with Crippen molar-refractivity contribution in [3.05, 3.63) is 44.5 Å². The van der Waals surface area contributed by atoms with Crippen LogP contribution in [-0.4, -0.2) is 23.5 Å². The molecule has 0 saturated heterocycles. The first-order chi connectivity index (χ1) is 11.2. The summed E-state index contributed by atoms with van der Waals surface area (Å²) in [6.45, 7) is 1.62. The molecule has 0 amide bonds. The standard InChI is InChI=1S/C13H13BrN4O5S/c1-8-15-12(16-23-8)13(3-2-4-13)17-24(21,22)11-6-9(14)5-10(7-11)18(19)20/h5-7,17H,2-4H2,1H3. The molecule has 1 aliphatic rings. The van der Waals surface area contributed by atoms with Crippen LogP contribution in [0.25, 0.3) is 0 Å². The largest absolute Gasteiger partial charge is 0.340 e. The number of hydrogen-bond donors (Lipinski definition) is 1. The zero-order valence-electron chi connectivity index (χ0n) is 12.5. The molecule has 9 nitrogen and oxygen atoms in total. The third-order valence-electron chi connectivity index (χ3n) is 3.87. The molecule has 1 heterocycles. The van der Waals surface area contributed by atoms with Gasteiger partial charge in [0.25, 0.3) is 5.69 Å². The Morgan fingerprint density at radius 3 is 2.58 bits per heavy atom. The normalized spacial score (nSPS) is 16.6. The van der Waals surface area contributed by atoms with E-state index in [4.69, 9.17) is 4.52 Å². The third-order valence-corrected chi connectivity index (χ3v) is 5.84. The molecule has 1 saturated carbocycles. The summed E-state index contributed by atoms with van der Waals surface area (Å²) in [6, 6.07) is 3.56. The van der Waals surface area contributed by atoms with Crippen LogP contribution in [0.4, 0.5) is 5.69 Å². The maximum atomic E-state index is 12.7. The predicted molar refractivity (Wildman–Crippen MR) is 85.7 cm³/mol. The van der Waals surface area contributed by atoms with Crippen LogP contribution in [0.5, 0.6) is 0 Å². The molecule has 0 aliphatic heterocycles. The quantitative estimate of drug-likeness (QED) is 0.584. The molecule has 24 heavy (non-hydrogen) atoms. The van der Waals surface area contributed by atoms with Crippen LogP contribution in [0.15, 0.2) is 32.1 Å².